The fourth-order valence-corrected chi connectivity index (χ4v) is 3.65. The highest BCUT2D eigenvalue weighted by Crippen LogP contribution is 2.43. The van der Waals surface area contributed by atoms with Crippen molar-refractivity contribution < 1.29 is 15.0 Å². The first kappa shape index (κ1) is 15.1. The molecule has 0 unspecified atom stereocenters. The number of anilines is 1. The molecule has 0 spiro atoms. The Hall–Kier alpha value is -2.48. The predicted octanol–water partition coefficient (Wildman–Crippen LogP) is 2.29. The van der Waals surface area contributed by atoms with E-state index in [0.717, 1.165) is 5.70 Å². The number of fused-ring (bicyclic) bond motifs is 2. The minimum absolute atomic E-state index is 0.129. The summed E-state index contributed by atoms with van der Waals surface area (Å²) in [7, 11) is 0. The molecule has 0 radical (unpaired) electrons. The topological polar surface area (TPSA) is 100 Å². The molecule has 2 aromatic rings. The van der Waals surface area contributed by atoms with Crippen molar-refractivity contribution in [1.82, 2.24) is 14.8 Å². The van der Waals surface area contributed by atoms with Gasteiger partial charge >= 0.3 is 0 Å². The van der Waals surface area contributed by atoms with Crippen LogP contribution in [0, 0.1) is 5.92 Å². The summed E-state index contributed by atoms with van der Waals surface area (Å²) in [6.07, 6.45) is 5.10. The number of nitrogens with one attached hydrogen (secondary N) is 1. The number of phenolic OH excluding ortho intramolecular Hbond substituents is 2. The normalized spacial score (nSPS) is 22.4. The SMILES string of the molecule is CSc1nc2n(n1)[C@@H](c1ccc(O)c(O)c1)[C@@H]1C(=O)CCC=C1N2. The van der Waals surface area contributed by atoms with Crippen LogP contribution in [-0.2, 0) is 4.79 Å². The van der Waals surface area contributed by atoms with Gasteiger partial charge in [0.25, 0.3) is 0 Å². The highest BCUT2D eigenvalue weighted by molar-refractivity contribution is 7.98. The van der Waals surface area contributed by atoms with Crippen molar-refractivity contribution in [3.63, 3.8) is 0 Å². The molecule has 1 aliphatic carbocycles. The first-order chi connectivity index (χ1) is 11.6. The molecule has 1 aliphatic heterocycles. The molecule has 7 nitrogen and oxygen atoms in total. The Morgan fingerprint density at radius 3 is 2.92 bits per heavy atom. The van der Waals surface area contributed by atoms with Crippen LogP contribution in [0.1, 0.15) is 24.4 Å². The Bertz CT molecular complexity index is 861. The second kappa shape index (κ2) is 5.55. The third-order valence-corrected chi connectivity index (χ3v) is 4.95. The number of carbonyl (C=O) groups excluding carboxylic acids is 1. The van der Waals surface area contributed by atoms with Gasteiger partial charge in [-0.25, -0.2) is 4.68 Å². The smallest absolute Gasteiger partial charge is 0.227 e. The third kappa shape index (κ3) is 2.25. The lowest BCUT2D eigenvalue weighted by Gasteiger charge is -2.36. The maximum absolute atomic E-state index is 12.6. The zero-order valence-corrected chi connectivity index (χ0v) is 13.7. The molecule has 2 atom stereocenters. The minimum atomic E-state index is -0.403. The molecule has 0 bridgehead atoms. The molecule has 24 heavy (non-hydrogen) atoms. The van der Waals surface area contributed by atoms with Gasteiger partial charge in [-0.05, 0) is 30.4 Å². The lowest BCUT2D eigenvalue weighted by Crippen LogP contribution is -2.38. The Kier molecular flexibility index (Phi) is 3.49. The third-order valence-electron chi connectivity index (χ3n) is 4.41. The van der Waals surface area contributed by atoms with Crippen molar-refractivity contribution in [3.8, 4) is 11.5 Å². The molecule has 4 rings (SSSR count). The van der Waals surface area contributed by atoms with Gasteiger partial charge in [0.1, 0.15) is 5.78 Å². The molecular weight excluding hydrogens is 328 g/mol. The number of carbonyl (C=O) groups is 1. The number of ketones is 1. The molecule has 0 saturated heterocycles. The summed E-state index contributed by atoms with van der Waals surface area (Å²) in [5.41, 5.74) is 1.54. The summed E-state index contributed by atoms with van der Waals surface area (Å²) in [6.45, 7) is 0. The van der Waals surface area contributed by atoms with E-state index >= 15 is 0 Å². The van der Waals surface area contributed by atoms with Crippen molar-refractivity contribution >= 4 is 23.5 Å². The number of benzene rings is 1. The van der Waals surface area contributed by atoms with Crippen LogP contribution in [0.5, 0.6) is 11.5 Å². The number of aromatic hydroxyl groups is 2. The first-order valence-electron chi connectivity index (χ1n) is 7.60. The molecule has 0 amide bonds. The Morgan fingerprint density at radius 2 is 2.17 bits per heavy atom. The van der Waals surface area contributed by atoms with Gasteiger partial charge in [-0.2, -0.15) is 4.98 Å². The highest BCUT2D eigenvalue weighted by atomic mass is 32.2. The van der Waals surface area contributed by atoms with E-state index in [9.17, 15) is 15.0 Å². The van der Waals surface area contributed by atoms with Crippen LogP contribution >= 0.6 is 11.8 Å². The molecule has 2 aliphatic rings. The van der Waals surface area contributed by atoms with Gasteiger partial charge in [-0.3, -0.25) is 4.79 Å². The van der Waals surface area contributed by atoms with Gasteiger partial charge in [-0.1, -0.05) is 23.9 Å². The quantitative estimate of drug-likeness (QED) is 0.567. The second-order valence-corrected chi connectivity index (χ2v) is 6.60. The number of thioether (sulfide) groups is 1. The highest BCUT2D eigenvalue weighted by Gasteiger charge is 2.41. The Balaban J connectivity index is 1.91. The summed E-state index contributed by atoms with van der Waals surface area (Å²) in [5, 5.41) is 27.8. The zero-order chi connectivity index (χ0) is 16.8. The Morgan fingerprint density at radius 1 is 1.33 bits per heavy atom. The van der Waals surface area contributed by atoms with Crippen LogP contribution < -0.4 is 5.32 Å². The molecule has 1 aromatic carbocycles. The first-order valence-corrected chi connectivity index (χ1v) is 8.83. The van der Waals surface area contributed by atoms with E-state index in [1.807, 2.05) is 12.3 Å². The van der Waals surface area contributed by atoms with E-state index in [0.29, 0.717) is 29.5 Å². The maximum atomic E-state index is 12.6. The van der Waals surface area contributed by atoms with E-state index in [1.165, 1.54) is 23.9 Å². The lowest BCUT2D eigenvalue weighted by atomic mass is 9.81. The molecule has 0 saturated carbocycles. The van der Waals surface area contributed by atoms with Crippen LogP contribution in [0.4, 0.5) is 5.95 Å². The van der Waals surface area contributed by atoms with Crippen LogP contribution in [0.15, 0.2) is 35.1 Å². The monoisotopic (exact) mass is 344 g/mol. The van der Waals surface area contributed by atoms with Crippen molar-refractivity contribution in [3.05, 3.63) is 35.5 Å². The summed E-state index contributed by atoms with van der Waals surface area (Å²) >= 11 is 1.42. The molecule has 2 heterocycles. The number of hydrogen-bond acceptors (Lipinski definition) is 7. The number of aromatic nitrogens is 3. The predicted molar refractivity (Wildman–Crippen MR) is 89.2 cm³/mol. The number of hydrogen-bond donors (Lipinski definition) is 3. The van der Waals surface area contributed by atoms with Crippen molar-refractivity contribution in [2.75, 3.05) is 11.6 Å². The summed E-state index contributed by atoms with van der Waals surface area (Å²) < 4.78 is 1.70. The van der Waals surface area contributed by atoms with Crippen molar-refractivity contribution in [2.45, 2.75) is 24.0 Å². The summed E-state index contributed by atoms with van der Waals surface area (Å²) in [4.78, 5) is 17.0. The molecular formula is C16H16N4O3S. The molecule has 8 heteroatoms. The summed E-state index contributed by atoms with van der Waals surface area (Å²) in [5.74, 6) is -0.0984. The number of rotatable bonds is 2. The number of allylic oxidation sites excluding steroid dienone is 2. The van der Waals surface area contributed by atoms with Crippen LogP contribution in [0.25, 0.3) is 0 Å². The van der Waals surface area contributed by atoms with E-state index in [-0.39, 0.29) is 17.3 Å². The van der Waals surface area contributed by atoms with Crippen molar-refractivity contribution in [2.24, 2.45) is 5.92 Å². The standard InChI is InChI=1S/C16H16N4O3S/c1-24-16-18-15-17-9-3-2-4-11(22)13(9)14(20(15)19-16)8-5-6-10(21)12(23)7-8/h3,5-7,13-14,21,23H,2,4H2,1H3,(H,17,18,19)/t13-,14-/m0/s1. The second-order valence-electron chi connectivity index (χ2n) is 5.83. The van der Waals surface area contributed by atoms with Crippen LogP contribution in [0.2, 0.25) is 0 Å². The average Bonchev–Trinajstić information content (AvgIpc) is 2.98. The van der Waals surface area contributed by atoms with E-state index in [2.05, 4.69) is 15.4 Å². The van der Waals surface area contributed by atoms with Gasteiger partial charge in [-0.15, -0.1) is 5.10 Å². The molecule has 1 aromatic heterocycles. The molecule has 3 N–H and O–H groups in total. The van der Waals surface area contributed by atoms with Gasteiger partial charge in [0.05, 0.1) is 12.0 Å². The van der Waals surface area contributed by atoms with Gasteiger partial charge < -0.3 is 15.5 Å². The lowest BCUT2D eigenvalue weighted by molar-refractivity contribution is -0.123. The van der Waals surface area contributed by atoms with Crippen LogP contribution in [-0.4, -0.2) is 37.0 Å². The maximum Gasteiger partial charge on any atom is 0.227 e. The van der Waals surface area contributed by atoms with E-state index < -0.39 is 12.0 Å². The molecule has 0 fully saturated rings. The Labute approximate surface area is 142 Å². The van der Waals surface area contributed by atoms with E-state index in [1.54, 1.807) is 10.7 Å². The largest absolute Gasteiger partial charge is 0.504 e. The van der Waals surface area contributed by atoms with Crippen molar-refractivity contribution in [1.29, 1.82) is 0 Å². The molecule has 124 valence electrons. The van der Waals surface area contributed by atoms with Gasteiger partial charge in [0.15, 0.2) is 11.5 Å². The minimum Gasteiger partial charge on any atom is -0.504 e. The summed E-state index contributed by atoms with van der Waals surface area (Å²) in [6, 6.07) is 4.21. The number of Topliss-reactive ketones (excluding diaryl/α,β-unsaturated/α-hetero) is 1. The average molecular weight is 344 g/mol. The zero-order valence-electron chi connectivity index (χ0n) is 12.9. The fourth-order valence-electron chi connectivity index (χ4n) is 3.30. The number of phenols is 2. The fraction of sp³-hybridized carbons (Fsp3) is 0.312. The number of nitrogens with zero attached hydrogens (tertiary/aromatic N) is 3. The van der Waals surface area contributed by atoms with Gasteiger partial charge in [0, 0.05) is 12.1 Å². The van der Waals surface area contributed by atoms with Gasteiger partial charge in [0.2, 0.25) is 11.1 Å². The van der Waals surface area contributed by atoms with Crippen LogP contribution in [0.3, 0.4) is 0 Å². The van der Waals surface area contributed by atoms with E-state index in [4.69, 9.17) is 0 Å².